The zero-order valence-electron chi connectivity index (χ0n) is 31.8. The summed E-state index contributed by atoms with van der Waals surface area (Å²) in [4.78, 5) is 0. The van der Waals surface area contributed by atoms with Crippen LogP contribution in [0.15, 0.2) is 145 Å². The Labute approximate surface area is 329 Å². The SMILES string of the molecule is CC1CC2C(=CCCCC2(c2ccccc2)c2ccccc2)[CH]1[Zr]([CH3])([CH3])(=[SiH2])[CH]1C2=CCCCC(c3ccccc3)(c3ccccc3)C2CC1C.Cl.Cl. The van der Waals surface area contributed by atoms with Crippen molar-refractivity contribution >= 4 is 31.7 Å². The third-order valence-electron chi connectivity index (χ3n) is 14.6. The van der Waals surface area contributed by atoms with Gasteiger partial charge in [-0.25, -0.2) is 0 Å². The molecular formula is C48H60Cl2SiZr. The first-order chi connectivity index (χ1) is 24.2. The fourth-order valence-electron chi connectivity index (χ4n) is 13.4. The normalized spacial score (nSPS) is 28.0. The average Bonchev–Trinajstić information content (AvgIpc) is 3.53. The Bertz CT molecular complexity index is 1730. The van der Waals surface area contributed by atoms with E-state index in [0.29, 0.717) is 23.7 Å². The Hall–Kier alpha value is -1.96. The van der Waals surface area contributed by atoms with Gasteiger partial charge in [0.25, 0.3) is 0 Å². The first-order valence-electron chi connectivity index (χ1n) is 19.9. The van der Waals surface area contributed by atoms with Crippen LogP contribution in [0.5, 0.6) is 0 Å². The first-order valence-corrected chi connectivity index (χ1v) is 33.5. The molecule has 2 fully saturated rings. The topological polar surface area (TPSA) is 0 Å². The van der Waals surface area contributed by atoms with Crippen LogP contribution < -0.4 is 0 Å². The summed E-state index contributed by atoms with van der Waals surface area (Å²) in [6, 6.07) is 46.8. The summed E-state index contributed by atoms with van der Waals surface area (Å²) >= 11 is -3.62. The van der Waals surface area contributed by atoms with Gasteiger partial charge in [-0.1, -0.05) is 0 Å². The van der Waals surface area contributed by atoms with Gasteiger partial charge < -0.3 is 0 Å². The van der Waals surface area contributed by atoms with Gasteiger partial charge >= 0.3 is 307 Å². The zero-order valence-corrected chi connectivity index (χ0v) is 37.4. The number of hydrogen-bond acceptors (Lipinski definition) is 0. The van der Waals surface area contributed by atoms with E-state index < -0.39 is 17.4 Å². The molecule has 0 nitrogen and oxygen atoms in total. The molecule has 6 atom stereocenters. The molecule has 52 heavy (non-hydrogen) atoms. The van der Waals surface area contributed by atoms with Gasteiger partial charge in [-0.3, -0.25) is 0 Å². The minimum Gasteiger partial charge on any atom is -0.147 e. The molecule has 8 rings (SSSR count). The maximum atomic E-state index is 2.93. The van der Waals surface area contributed by atoms with Crippen LogP contribution in [0.2, 0.25) is 16.5 Å². The van der Waals surface area contributed by atoms with Gasteiger partial charge in [0.2, 0.25) is 0 Å². The van der Waals surface area contributed by atoms with Gasteiger partial charge in [-0.2, -0.15) is 0 Å². The largest absolute Gasteiger partial charge is 0.147 e. The Morgan fingerprint density at radius 3 is 1.08 bits per heavy atom. The van der Waals surface area contributed by atoms with Crippen molar-refractivity contribution in [3.63, 3.8) is 0 Å². The van der Waals surface area contributed by atoms with E-state index in [1.807, 2.05) is 11.1 Å². The van der Waals surface area contributed by atoms with Gasteiger partial charge in [0, 0.05) is 0 Å². The van der Waals surface area contributed by atoms with Crippen LogP contribution in [0.25, 0.3) is 0 Å². The molecule has 6 unspecified atom stereocenters. The predicted molar refractivity (Wildman–Crippen MR) is 228 cm³/mol. The van der Waals surface area contributed by atoms with E-state index in [-0.39, 0.29) is 35.6 Å². The summed E-state index contributed by atoms with van der Waals surface area (Å²) in [5.74, 6) is 2.55. The summed E-state index contributed by atoms with van der Waals surface area (Å²) in [6.45, 7) is 7.96. The van der Waals surface area contributed by atoms with Crippen LogP contribution >= 0.6 is 24.8 Å². The molecule has 4 aromatic carbocycles. The van der Waals surface area contributed by atoms with E-state index in [0.717, 1.165) is 7.25 Å². The molecule has 0 spiro atoms. The second-order valence-electron chi connectivity index (χ2n) is 18.0. The van der Waals surface area contributed by atoms with Gasteiger partial charge in [0.05, 0.1) is 0 Å². The molecule has 0 N–H and O–H groups in total. The number of fused-ring (bicyclic) bond motifs is 2. The molecule has 0 heterocycles. The third-order valence-corrected chi connectivity index (χ3v) is 34.3. The second-order valence-corrected chi connectivity index (χ2v) is 48.7. The van der Waals surface area contributed by atoms with E-state index >= 15 is 0 Å². The minimum absolute atomic E-state index is 0. The average molecular weight is 827 g/mol. The van der Waals surface area contributed by atoms with Gasteiger partial charge in [0.1, 0.15) is 0 Å². The van der Waals surface area contributed by atoms with Crippen molar-refractivity contribution in [1.29, 1.82) is 0 Å². The molecule has 0 aliphatic heterocycles. The number of rotatable bonds is 6. The van der Waals surface area contributed by atoms with Crippen LogP contribution in [0.4, 0.5) is 0 Å². The van der Waals surface area contributed by atoms with Gasteiger partial charge in [-0.05, 0) is 0 Å². The molecule has 2 saturated carbocycles. The summed E-state index contributed by atoms with van der Waals surface area (Å²) < 4.78 is 7.35. The van der Waals surface area contributed by atoms with E-state index in [1.165, 1.54) is 73.6 Å². The fraction of sp³-hybridized carbons (Fsp3) is 0.417. The summed E-state index contributed by atoms with van der Waals surface area (Å²) in [7, 11) is 0. The number of benzene rings is 4. The van der Waals surface area contributed by atoms with Crippen molar-refractivity contribution in [2.24, 2.45) is 23.7 Å². The minimum atomic E-state index is -3.62. The molecule has 0 amide bonds. The molecule has 0 aromatic heterocycles. The van der Waals surface area contributed by atoms with Crippen molar-refractivity contribution in [3.05, 3.63) is 167 Å². The number of halogens is 2. The standard InChI is InChI=1S/2C23H25.2CH3.2ClH.H2Si.Zr/c2*1-18-16-19-10-8-9-15-23(22(19)17-18,20-11-4-2-5-12-20)21-13-6-3-7-14-21;;;;;;/h2*2-7,10-14,16,18,22H,8-9,15,17H2,1H3;2*1H3;2*1H;1H2;. The Morgan fingerprint density at radius 2 is 0.788 bits per heavy atom. The molecule has 4 aromatic rings. The van der Waals surface area contributed by atoms with Crippen LogP contribution in [0.1, 0.15) is 87.5 Å². The van der Waals surface area contributed by atoms with E-state index in [4.69, 9.17) is 0 Å². The predicted octanol–water partition coefficient (Wildman–Crippen LogP) is 13.2. The first kappa shape index (κ1) is 39.7. The molecule has 274 valence electrons. The van der Waals surface area contributed by atoms with Gasteiger partial charge in [0.15, 0.2) is 0 Å². The van der Waals surface area contributed by atoms with Crippen LogP contribution in [-0.4, -0.2) is 6.88 Å². The third kappa shape index (κ3) is 6.29. The summed E-state index contributed by atoms with van der Waals surface area (Å²) in [5.41, 5.74) is 9.96. The van der Waals surface area contributed by atoms with E-state index in [9.17, 15) is 0 Å². The Kier molecular flexibility index (Phi) is 11.7. The van der Waals surface area contributed by atoms with Crippen LogP contribution in [0, 0.1) is 23.7 Å². The smallest absolute Gasteiger partial charge is 0.147 e. The molecule has 0 bridgehead atoms. The second kappa shape index (κ2) is 15.3. The number of allylic oxidation sites excluding steroid dienone is 4. The summed E-state index contributed by atoms with van der Waals surface area (Å²) in [6.07, 6.45) is 15.7. The maximum absolute atomic E-state index is 3.62. The number of hydrogen-bond donors (Lipinski definition) is 0. The Morgan fingerprint density at radius 1 is 0.500 bits per heavy atom. The van der Waals surface area contributed by atoms with Gasteiger partial charge in [-0.15, -0.1) is 24.8 Å². The zero-order chi connectivity index (χ0) is 34.6. The maximum Gasteiger partial charge on any atom is -0.147 e. The fourth-order valence-corrected chi connectivity index (χ4v) is 38.7. The molecule has 0 radical (unpaired) electrons. The molecule has 4 heteroatoms. The Balaban J connectivity index is 0.00000232. The molecular weight excluding hydrogens is 767 g/mol. The van der Waals surface area contributed by atoms with E-state index in [2.05, 4.69) is 163 Å². The molecule has 4 aliphatic carbocycles. The van der Waals surface area contributed by atoms with Crippen molar-refractivity contribution in [2.75, 3.05) is 0 Å². The van der Waals surface area contributed by atoms with Crippen molar-refractivity contribution in [3.8, 4) is 0 Å². The molecule has 4 aliphatic rings. The van der Waals surface area contributed by atoms with Crippen LogP contribution in [0.3, 0.4) is 0 Å². The monoisotopic (exact) mass is 824 g/mol. The molecule has 0 saturated heterocycles. The van der Waals surface area contributed by atoms with Crippen molar-refractivity contribution in [2.45, 2.75) is 92.6 Å². The van der Waals surface area contributed by atoms with Crippen molar-refractivity contribution in [1.82, 2.24) is 0 Å². The van der Waals surface area contributed by atoms with Crippen molar-refractivity contribution < 1.29 is 17.4 Å². The van der Waals surface area contributed by atoms with E-state index in [1.54, 1.807) is 0 Å². The quantitative estimate of drug-likeness (QED) is 0.134. The summed E-state index contributed by atoms with van der Waals surface area (Å²) in [5, 5.41) is 0. The van der Waals surface area contributed by atoms with Crippen LogP contribution in [-0.2, 0) is 28.2 Å².